The van der Waals surface area contributed by atoms with E-state index in [0.717, 1.165) is 17.3 Å². The van der Waals surface area contributed by atoms with Crippen molar-refractivity contribution in [1.82, 2.24) is 19.7 Å². The van der Waals surface area contributed by atoms with E-state index in [2.05, 4.69) is 10.2 Å². The van der Waals surface area contributed by atoms with Crippen LogP contribution in [0.25, 0.3) is 0 Å². The minimum absolute atomic E-state index is 0.195. The van der Waals surface area contributed by atoms with Crippen molar-refractivity contribution in [3.8, 4) is 0 Å². The fourth-order valence-electron chi connectivity index (χ4n) is 2.23. The van der Waals surface area contributed by atoms with Crippen molar-refractivity contribution in [2.75, 3.05) is 12.3 Å². The van der Waals surface area contributed by atoms with Crippen LogP contribution < -0.4 is 0 Å². The molecule has 0 saturated heterocycles. The molecule has 2 aromatic rings. The Balaban J connectivity index is 1.56. The predicted octanol–water partition coefficient (Wildman–Crippen LogP) is 1.59. The predicted molar refractivity (Wildman–Crippen MR) is 78.2 cm³/mol. The monoisotopic (exact) mass is 302 g/mol. The standard InChI is InChI=1S/C14H14N4O2S/c1-17-9-15-16-14(17)21-8-4-7-18-12(19)10-5-2-3-6-11(10)13(18)20/h2-3,5-6,9H,4,7-8H2,1H3. The summed E-state index contributed by atoms with van der Waals surface area (Å²) in [6, 6.07) is 6.95. The highest BCUT2D eigenvalue weighted by atomic mass is 32.2. The highest BCUT2D eigenvalue weighted by Gasteiger charge is 2.34. The molecule has 21 heavy (non-hydrogen) atoms. The maximum absolute atomic E-state index is 12.2. The van der Waals surface area contributed by atoms with Crippen LogP contribution in [-0.2, 0) is 7.05 Å². The van der Waals surface area contributed by atoms with E-state index in [1.54, 1.807) is 42.4 Å². The van der Waals surface area contributed by atoms with Crippen LogP contribution in [0.1, 0.15) is 27.1 Å². The SMILES string of the molecule is Cn1cnnc1SCCCN1C(=O)c2ccccc2C1=O. The number of imide groups is 1. The van der Waals surface area contributed by atoms with Crippen LogP contribution in [0.4, 0.5) is 0 Å². The lowest BCUT2D eigenvalue weighted by Crippen LogP contribution is -2.31. The fourth-order valence-corrected chi connectivity index (χ4v) is 3.04. The van der Waals surface area contributed by atoms with Crippen LogP contribution in [0.3, 0.4) is 0 Å². The van der Waals surface area contributed by atoms with Crippen LogP contribution in [0.15, 0.2) is 35.7 Å². The Kier molecular flexibility index (Phi) is 3.74. The van der Waals surface area contributed by atoms with Gasteiger partial charge in [-0.1, -0.05) is 23.9 Å². The molecule has 0 atom stereocenters. The number of aromatic nitrogens is 3. The second kappa shape index (κ2) is 5.69. The molecular formula is C14H14N4O2S. The molecule has 0 unspecified atom stereocenters. The summed E-state index contributed by atoms with van der Waals surface area (Å²) in [5.41, 5.74) is 1.01. The van der Waals surface area contributed by atoms with E-state index in [1.165, 1.54) is 4.90 Å². The zero-order chi connectivity index (χ0) is 14.8. The molecule has 1 aromatic heterocycles. The summed E-state index contributed by atoms with van der Waals surface area (Å²) in [6.07, 6.45) is 2.37. The van der Waals surface area contributed by atoms with Gasteiger partial charge < -0.3 is 4.57 Å². The Morgan fingerprint density at radius 1 is 1.14 bits per heavy atom. The Labute approximate surface area is 126 Å². The van der Waals surface area contributed by atoms with Gasteiger partial charge in [-0.05, 0) is 18.6 Å². The second-order valence-corrected chi connectivity index (χ2v) is 5.80. The van der Waals surface area contributed by atoms with E-state index < -0.39 is 0 Å². The second-order valence-electron chi connectivity index (χ2n) is 4.73. The molecule has 108 valence electrons. The summed E-state index contributed by atoms with van der Waals surface area (Å²) >= 11 is 1.56. The van der Waals surface area contributed by atoms with Crippen molar-refractivity contribution in [3.63, 3.8) is 0 Å². The van der Waals surface area contributed by atoms with Gasteiger partial charge in [0.05, 0.1) is 11.1 Å². The zero-order valence-corrected chi connectivity index (χ0v) is 12.3. The number of hydrogen-bond acceptors (Lipinski definition) is 5. The Morgan fingerprint density at radius 3 is 2.38 bits per heavy atom. The number of carbonyl (C=O) groups is 2. The Morgan fingerprint density at radius 2 is 1.81 bits per heavy atom. The summed E-state index contributed by atoms with van der Waals surface area (Å²) in [7, 11) is 1.88. The van der Waals surface area contributed by atoms with Crippen molar-refractivity contribution < 1.29 is 9.59 Å². The molecule has 1 aromatic carbocycles. The summed E-state index contributed by atoms with van der Waals surface area (Å²) in [4.78, 5) is 25.6. The molecular weight excluding hydrogens is 288 g/mol. The molecule has 2 amide bonds. The summed E-state index contributed by atoms with van der Waals surface area (Å²) in [6.45, 7) is 0.428. The number of thioether (sulfide) groups is 1. The van der Waals surface area contributed by atoms with E-state index in [1.807, 2.05) is 11.6 Å². The van der Waals surface area contributed by atoms with Crippen LogP contribution in [0.5, 0.6) is 0 Å². The topological polar surface area (TPSA) is 68.1 Å². The molecule has 3 rings (SSSR count). The molecule has 7 heteroatoms. The molecule has 0 saturated carbocycles. The molecule has 1 aliphatic heterocycles. The molecule has 0 aliphatic carbocycles. The van der Waals surface area contributed by atoms with Gasteiger partial charge in [0.25, 0.3) is 11.8 Å². The van der Waals surface area contributed by atoms with Gasteiger partial charge in [0.1, 0.15) is 6.33 Å². The van der Waals surface area contributed by atoms with E-state index >= 15 is 0 Å². The van der Waals surface area contributed by atoms with E-state index in [4.69, 9.17) is 0 Å². The first-order chi connectivity index (χ1) is 10.2. The van der Waals surface area contributed by atoms with Crippen molar-refractivity contribution in [3.05, 3.63) is 41.7 Å². The lowest BCUT2D eigenvalue weighted by molar-refractivity contribution is 0.0655. The van der Waals surface area contributed by atoms with Crippen molar-refractivity contribution in [2.24, 2.45) is 7.05 Å². The van der Waals surface area contributed by atoms with Gasteiger partial charge in [-0.15, -0.1) is 10.2 Å². The zero-order valence-electron chi connectivity index (χ0n) is 11.5. The number of benzene rings is 1. The van der Waals surface area contributed by atoms with Gasteiger partial charge in [-0.3, -0.25) is 14.5 Å². The largest absolute Gasteiger partial charge is 0.312 e. The number of aryl methyl sites for hydroxylation is 1. The first-order valence-electron chi connectivity index (χ1n) is 6.60. The van der Waals surface area contributed by atoms with Crippen LogP contribution in [-0.4, -0.2) is 43.8 Å². The van der Waals surface area contributed by atoms with Crippen molar-refractivity contribution in [2.45, 2.75) is 11.6 Å². The van der Waals surface area contributed by atoms with Gasteiger partial charge in [0.2, 0.25) is 0 Å². The van der Waals surface area contributed by atoms with Gasteiger partial charge in [0.15, 0.2) is 5.16 Å². The number of hydrogen-bond donors (Lipinski definition) is 0. The minimum atomic E-state index is -0.195. The normalized spacial score (nSPS) is 13.9. The first kappa shape index (κ1) is 13.8. The van der Waals surface area contributed by atoms with Gasteiger partial charge >= 0.3 is 0 Å². The molecule has 1 aliphatic rings. The van der Waals surface area contributed by atoms with Crippen LogP contribution in [0, 0.1) is 0 Å². The number of rotatable bonds is 5. The lowest BCUT2D eigenvalue weighted by atomic mass is 10.1. The fraction of sp³-hybridized carbons (Fsp3) is 0.286. The summed E-state index contributed by atoms with van der Waals surface area (Å²) in [5, 5.41) is 8.61. The van der Waals surface area contributed by atoms with Gasteiger partial charge in [-0.2, -0.15) is 0 Å². The number of amides is 2. The average Bonchev–Trinajstić information content (AvgIpc) is 3.00. The third-order valence-electron chi connectivity index (χ3n) is 3.31. The van der Waals surface area contributed by atoms with Crippen LogP contribution in [0.2, 0.25) is 0 Å². The third-order valence-corrected chi connectivity index (χ3v) is 4.43. The molecule has 0 fully saturated rings. The van der Waals surface area contributed by atoms with E-state index in [9.17, 15) is 9.59 Å². The molecule has 0 spiro atoms. The number of carbonyl (C=O) groups excluding carboxylic acids is 2. The molecule has 6 nitrogen and oxygen atoms in total. The first-order valence-corrected chi connectivity index (χ1v) is 7.59. The highest BCUT2D eigenvalue weighted by molar-refractivity contribution is 7.99. The van der Waals surface area contributed by atoms with Crippen molar-refractivity contribution in [1.29, 1.82) is 0 Å². The average molecular weight is 302 g/mol. The lowest BCUT2D eigenvalue weighted by Gasteiger charge is -2.13. The maximum Gasteiger partial charge on any atom is 0.261 e. The highest BCUT2D eigenvalue weighted by Crippen LogP contribution is 2.23. The summed E-state index contributed by atoms with van der Waals surface area (Å²) in [5.74, 6) is 0.387. The molecule has 2 heterocycles. The third kappa shape index (κ3) is 2.56. The Hall–Kier alpha value is -2.15. The van der Waals surface area contributed by atoms with Crippen LogP contribution >= 0.6 is 11.8 Å². The molecule has 0 radical (unpaired) electrons. The van der Waals surface area contributed by atoms with Gasteiger partial charge in [0, 0.05) is 19.3 Å². The van der Waals surface area contributed by atoms with E-state index in [-0.39, 0.29) is 11.8 Å². The number of nitrogens with zero attached hydrogens (tertiary/aromatic N) is 4. The molecule has 0 N–H and O–H groups in total. The summed E-state index contributed by atoms with van der Waals surface area (Å²) < 4.78 is 1.84. The quantitative estimate of drug-likeness (QED) is 0.477. The molecule has 0 bridgehead atoms. The maximum atomic E-state index is 12.2. The minimum Gasteiger partial charge on any atom is -0.312 e. The smallest absolute Gasteiger partial charge is 0.261 e. The number of fused-ring (bicyclic) bond motifs is 1. The van der Waals surface area contributed by atoms with E-state index in [0.29, 0.717) is 17.7 Å². The van der Waals surface area contributed by atoms with Crippen molar-refractivity contribution >= 4 is 23.6 Å². The van der Waals surface area contributed by atoms with Gasteiger partial charge in [-0.25, -0.2) is 0 Å². The Bertz CT molecular complexity index is 663.